The van der Waals surface area contributed by atoms with Gasteiger partial charge in [-0.2, -0.15) is 10.4 Å². The lowest BCUT2D eigenvalue weighted by Gasteiger charge is -2.24. The van der Waals surface area contributed by atoms with E-state index in [0.717, 1.165) is 24.3 Å². The number of carbonyl (C=O) groups excluding carboxylic acids is 1. The van der Waals surface area contributed by atoms with Gasteiger partial charge in [0.05, 0.1) is 30.0 Å². The van der Waals surface area contributed by atoms with Crippen LogP contribution in [0.3, 0.4) is 0 Å². The van der Waals surface area contributed by atoms with Gasteiger partial charge in [0.15, 0.2) is 0 Å². The van der Waals surface area contributed by atoms with E-state index in [4.69, 9.17) is 4.74 Å². The maximum absolute atomic E-state index is 12.6. The maximum Gasteiger partial charge on any atom is 0.573 e. The molecule has 3 aromatic rings. The fourth-order valence-corrected chi connectivity index (χ4v) is 3.07. The zero-order valence-corrected chi connectivity index (χ0v) is 17.2. The van der Waals surface area contributed by atoms with E-state index in [9.17, 15) is 33.3 Å². The van der Waals surface area contributed by atoms with Gasteiger partial charge in [-0.3, -0.25) is 14.9 Å². The minimum absolute atomic E-state index is 0.000726. The van der Waals surface area contributed by atoms with Crippen molar-refractivity contribution in [2.45, 2.75) is 25.4 Å². The number of nitro benzene ring substituents is 1. The molecule has 13 heteroatoms. The molecule has 0 aliphatic carbocycles. The number of aromatic nitrogens is 2. The van der Waals surface area contributed by atoms with Crippen LogP contribution in [0.1, 0.15) is 17.3 Å². The second-order valence-corrected chi connectivity index (χ2v) is 7.10. The summed E-state index contributed by atoms with van der Waals surface area (Å²) in [5, 5.41) is 27.9. The lowest BCUT2D eigenvalue weighted by molar-refractivity contribution is -0.384. The fourth-order valence-electron chi connectivity index (χ4n) is 3.07. The molecule has 0 bridgehead atoms. The molecule has 1 unspecified atom stereocenters. The summed E-state index contributed by atoms with van der Waals surface area (Å²) < 4.78 is 47.2. The van der Waals surface area contributed by atoms with Crippen molar-refractivity contribution in [3.63, 3.8) is 0 Å². The van der Waals surface area contributed by atoms with Crippen molar-refractivity contribution in [3.8, 4) is 17.7 Å². The quantitative estimate of drug-likeness (QED) is 0.418. The van der Waals surface area contributed by atoms with Crippen molar-refractivity contribution in [2.24, 2.45) is 0 Å². The number of halogens is 3. The summed E-state index contributed by atoms with van der Waals surface area (Å²) in [5.41, 5.74) is -1.43. The predicted octanol–water partition coefficient (Wildman–Crippen LogP) is 3.56. The monoisotopic (exact) mass is 463 g/mol. The van der Waals surface area contributed by atoms with Gasteiger partial charge in [-0.25, -0.2) is 4.68 Å². The number of ether oxygens (including phenoxy) is 2. The second-order valence-electron chi connectivity index (χ2n) is 7.10. The number of fused-ring (bicyclic) bond motifs is 1. The number of methoxy groups -OCH3 is 1. The topological polar surface area (TPSA) is 132 Å². The third-order valence-corrected chi connectivity index (χ3v) is 4.53. The van der Waals surface area contributed by atoms with Crippen molar-refractivity contribution >= 4 is 22.5 Å². The zero-order chi connectivity index (χ0) is 24.4. The highest BCUT2D eigenvalue weighted by atomic mass is 19.4. The molecule has 0 aliphatic heterocycles. The third kappa shape index (κ3) is 5.29. The lowest BCUT2D eigenvalue weighted by Crippen LogP contribution is -2.48. The Kier molecular flexibility index (Phi) is 6.12. The smallest absolute Gasteiger partial charge is 0.481 e. The standard InChI is InChI=1S/C20H16F3N5O5/c1-19(10-24,25-17(29)12-3-6-14(7-4-12)33-20(21,22)23)11-27-18(32-2)15-8-5-13(28(30)31)9-16(15)26-27/h3-9H,11H2,1-2H3,(H,25,29). The molecule has 1 atom stereocenters. The molecule has 1 aromatic heterocycles. The number of carbonyl (C=O) groups is 1. The minimum Gasteiger partial charge on any atom is -0.481 e. The van der Waals surface area contributed by atoms with Crippen LogP contribution in [0.2, 0.25) is 0 Å². The van der Waals surface area contributed by atoms with Gasteiger partial charge in [0.2, 0.25) is 5.88 Å². The summed E-state index contributed by atoms with van der Waals surface area (Å²) in [6.07, 6.45) is -4.87. The number of hydrogen-bond acceptors (Lipinski definition) is 7. The van der Waals surface area contributed by atoms with Gasteiger partial charge < -0.3 is 14.8 Å². The predicted molar refractivity (Wildman–Crippen MR) is 108 cm³/mol. The lowest BCUT2D eigenvalue weighted by atomic mass is 10.0. The Balaban J connectivity index is 1.83. The molecule has 1 amide bonds. The number of rotatable bonds is 7. The number of non-ortho nitro benzene ring substituents is 1. The Morgan fingerprint density at radius 1 is 1.27 bits per heavy atom. The first-order valence-corrected chi connectivity index (χ1v) is 9.23. The first-order valence-electron chi connectivity index (χ1n) is 9.23. The number of nitro groups is 1. The molecule has 10 nitrogen and oxygen atoms in total. The van der Waals surface area contributed by atoms with E-state index in [1.807, 2.05) is 6.07 Å². The van der Waals surface area contributed by atoms with Gasteiger partial charge in [0.1, 0.15) is 16.8 Å². The number of alkyl halides is 3. The molecule has 3 rings (SSSR count). The van der Waals surface area contributed by atoms with Crippen molar-refractivity contribution in [3.05, 3.63) is 58.1 Å². The molecule has 0 spiro atoms. The molecular weight excluding hydrogens is 447 g/mol. The molecule has 1 heterocycles. The average Bonchev–Trinajstić information content (AvgIpc) is 3.08. The summed E-state index contributed by atoms with van der Waals surface area (Å²) in [6, 6.07) is 10.2. The molecular formula is C20H16F3N5O5. The van der Waals surface area contributed by atoms with Gasteiger partial charge in [0.25, 0.3) is 11.6 Å². The summed E-state index contributed by atoms with van der Waals surface area (Å²) >= 11 is 0. The van der Waals surface area contributed by atoms with Gasteiger partial charge in [-0.1, -0.05) is 0 Å². The van der Waals surface area contributed by atoms with Crippen LogP contribution < -0.4 is 14.8 Å². The van der Waals surface area contributed by atoms with Gasteiger partial charge in [0, 0.05) is 17.7 Å². The maximum atomic E-state index is 12.6. The molecule has 0 saturated carbocycles. The summed E-state index contributed by atoms with van der Waals surface area (Å²) in [6.45, 7) is 1.23. The largest absolute Gasteiger partial charge is 0.573 e. The Morgan fingerprint density at radius 2 is 1.94 bits per heavy atom. The molecule has 2 aromatic carbocycles. The normalized spacial score (nSPS) is 13.1. The van der Waals surface area contributed by atoms with Crippen LogP contribution in [0, 0.1) is 21.4 Å². The van der Waals surface area contributed by atoms with E-state index in [1.165, 1.54) is 36.9 Å². The first-order chi connectivity index (χ1) is 15.4. The minimum atomic E-state index is -4.87. The molecule has 33 heavy (non-hydrogen) atoms. The first kappa shape index (κ1) is 23.3. The summed E-state index contributed by atoms with van der Waals surface area (Å²) in [4.78, 5) is 23.0. The highest BCUT2D eigenvalue weighted by Crippen LogP contribution is 2.30. The number of nitriles is 1. The van der Waals surface area contributed by atoms with E-state index in [-0.39, 0.29) is 29.2 Å². The molecule has 0 saturated heterocycles. The molecule has 1 N–H and O–H groups in total. The molecule has 0 aliphatic rings. The highest BCUT2D eigenvalue weighted by molar-refractivity contribution is 5.95. The SMILES string of the molecule is COc1c2ccc([N+](=O)[O-])cc2nn1CC(C)(C#N)NC(=O)c1ccc(OC(F)(F)F)cc1. The van der Waals surface area contributed by atoms with Gasteiger partial charge >= 0.3 is 6.36 Å². The third-order valence-electron chi connectivity index (χ3n) is 4.53. The highest BCUT2D eigenvalue weighted by Gasteiger charge is 2.32. The molecule has 0 radical (unpaired) electrons. The van der Waals surface area contributed by atoms with Crippen molar-refractivity contribution in [1.82, 2.24) is 15.1 Å². The summed E-state index contributed by atoms with van der Waals surface area (Å²) in [7, 11) is 1.36. The van der Waals surface area contributed by atoms with Crippen LogP contribution in [0.4, 0.5) is 18.9 Å². The van der Waals surface area contributed by atoms with Crippen molar-refractivity contribution in [1.29, 1.82) is 5.26 Å². The van der Waals surface area contributed by atoms with Crippen LogP contribution in [-0.2, 0) is 6.54 Å². The van der Waals surface area contributed by atoms with Crippen LogP contribution in [0.15, 0.2) is 42.5 Å². The fraction of sp³-hybridized carbons (Fsp3) is 0.250. The van der Waals surface area contributed by atoms with Crippen LogP contribution in [0.5, 0.6) is 11.6 Å². The van der Waals surface area contributed by atoms with E-state index < -0.39 is 28.5 Å². The zero-order valence-electron chi connectivity index (χ0n) is 17.2. The number of benzene rings is 2. The average molecular weight is 463 g/mol. The van der Waals surface area contributed by atoms with Gasteiger partial charge in [-0.05, 0) is 37.3 Å². The number of nitrogens with one attached hydrogen (secondary N) is 1. The molecule has 172 valence electrons. The van der Waals surface area contributed by atoms with Crippen molar-refractivity contribution in [2.75, 3.05) is 7.11 Å². The number of amides is 1. The Bertz CT molecular complexity index is 1250. The van der Waals surface area contributed by atoms with Crippen LogP contribution in [-0.4, -0.2) is 39.6 Å². The summed E-state index contributed by atoms with van der Waals surface area (Å²) in [5.74, 6) is -0.989. The van der Waals surface area contributed by atoms with Gasteiger partial charge in [-0.15, -0.1) is 13.2 Å². The van der Waals surface area contributed by atoms with Crippen molar-refractivity contribution < 1.29 is 32.4 Å². The van der Waals surface area contributed by atoms with Crippen LogP contribution in [0.25, 0.3) is 10.9 Å². The number of nitrogens with zero attached hydrogens (tertiary/aromatic N) is 4. The van der Waals surface area contributed by atoms with E-state index in [1.54, 1.807) is 0 Å². The van der Waals surface area contributed by atoms with E-state index >= 15 is 0 Å². The molecule has 0 fully saturated rings. The number of hydrogen-bond donors (Lipinski definition) is 1. The second kappa shape index (κ2) is 8.65. The Hall–Kier alpha value is -4.34. The Labute approximate surface area is 184 Å². The Morgan fingerprint density at radius 3 is 2.48 bits per heavy atom. The van der Waals surface area contributed by atoms with Crippen LogP contribution >= 0.6 is 0 Å². The van der Waals surface area contributed by atoms with E-state index in [2.05, 4.69) is 15.2 Å². The van der Waals surface area contributed by atoms with E-state index in [0.29, 0.717) is 5.39 Å².